The maximum atomic E-state index is 12.3. The van der Waals surface area contributed by atoms with Crippen LogP contribution in [0.3, 0.4) is 0 Å². The number of carbonyl (C=O) groups excluding carboxylic acids is 1. The number of carboxylic acid groups (broad SMARTS) is 1. The molecule has 1 rings (SSSR count). The fraction of sp³-hybridized carbons (Fsp3) is 0.882. The first-order valence-electron chi connectivity index (χ1n) is 8.85. The summed E-state index contributed by atoms with van der Waals surface area (Å²) in [6.45, 7) is 8.24. The maximum absolute atomic E-state index is 12.3. The Kier molecular flexibility index (Phi) is 11.2. The Balaban J connectivity index is 2.60. The van der Waals surface area contributed by atoms with Crippen molar-refractivity contribution < 1.29 is 14.7 Å². The number of amides is 1. The van der Waals surface area contributed by atoms with Gasteiger partial charge in [-0.3, -0.25) is 4.79 Å². The molecule has 146 valence electrons. The summed E-state index contributed by atoms with van der Waals surface area (Å²) < 4.78 is -0.623. The van der Waals surface area contributed by atoms with Crippen LogP contribution in [0.15, 0.2) is 0 Å². The van der Waals surface area contributed by atoms with Gasteiger partial charge < -0.3 is 10.4 Å². The average molecular weight is 426 g/mol. The Bertz CT molecular complexity index is 432. The largest absolute Gasteiger partial charge is 0.480 e. The molecule has 25 heavy (non-hydrogen) atoms. The normalized spacial score (nSPS) is 25.7. The van der Waals surface area contributed by atoms with E-state index in [-0.39, 0.29) is 5.91 Å². The van der Waals surface area contributed by atoms with Crippen LogP contribution >= 0.6 is 43.2 Å². The van der Waals surface area contributed by atoms with Gasteiger partial charge in [0.25, 0.3) is 0 Å². The monoisotopic (exact) mass is 425 g/mol. The van der Waals surface area contributed by atoms with Crippen LogP contribution in [0.1, 0.15) is 59.8 Å². The van der Waals surface area contributed by atoms with Crippen LogP contribution in [0.4, 0.5) is 0 Å². The first-order valence-corrected chi connectivity index (χ1v) is 13.5. The Hall–Kier alpha value is 0.340. The second kappa shape index (κ2) is 11.9. The highest BCUT2D eigenvalue weighted by atomic mass is 33.1. The van der Waals surface area contributed by atoms with Gasteiger partial charge in [-0.25, -0.2) is 4.79 Å². The lowest BCUT2D eigenvalue weighted by Gasteiger charge is -2.26. The predicted molar refractivity (Wildman–Crippen MR) is 115 cm³/mol. The Morgan fingerprint density at radius 3 is 2.68 bits per heavy atom. The van der Waals surface area contributed by atoms with Gasteiger partial charge in [0.05, 0.1) is 4.75 Å². The lowest BCUT2D eigenvalue weighted by Crippen LogP contribution is -2.49. The quantitative estimate of drug-likeness (QED) is 0.454. The van der Waals surface area contributed by atoms with Gasteiger partial charge in [0, 0.05) is 16.8 Å². The number of unbranched alkanes of at least 4 members (excludes halogenated alkanes) is 1. The highest BCUT2D eigenvalue weighted by Crippen LogP contribution is 2.40. The summed E-state index contributed by atoms with van der Waals surface area (Å²) in [4.78, 5) is 23.8. The Labute approximate surface area is 168 Å². The molecule has 1 aliphatic heterocycles. The van der Waals surface area contributed by atoms with E-state index in [4.69, 9.17) is 0 Å². The van der Waals surface area contributed by atoms with Crippen LogP contribution in [0.5, 0.6) is 0 Å². The topological polar surface area (TPSA) is 66.4 Å². The van der Waals surface area contributed by atoms with Crippen molar-refractivity contribution in [2.45, 2.75) is 75.8 Å². The van der Waals surface area contributed by atoms with Crippen molar-refractivity contribution in [3.63, 3.8) is 0 Å². The van der Waals surface area contributed by atoms with Crippen molar-refractivity contribution in [3.8, 4) is 0 Å². The number of nitrogens with one attached hydrogen (secondary N) is 1. The number of aliphatic carboxylic acids is 1. The molecule has 8 heteroatoms. The van der Waals surface area contributed by atoms with Gasteiger partial charge in [0.1, 0.15) is 6.04 Å². The van der Waals surface area contributed by atoms with Crippen LogP contribution in [0.25, 0.3) is 0 Å². The van der Waals surface area contributed by atoms with Crippen molar-refractivity contribution in [2.75, 3.05) is 11.5 Å². The number of hydrogen-bond acceptors (Lipinski definition) is 6. The molecular formula is C17H31NO3S4. The number of carbonyl (C=O) groups is 2. The molecule has 0 aromatic heterocycles. The molecule has 0 saturated carbocycles. The van der Waals surface area contributed by atoms with E-state index in [0.717, 1.165) is 18.1 Å². The third-order valence-electron chi connectivity index (χ3n) is 3.94. The molecule has 2 N–H and O–H groups in total. The average Bonchev–Trinajstić information content (AvgIpc) is 2.52. The molecule has 2 unspecified atom stereocenters. The van der Waals surface area contributed by atoms with Crippen molar-refractivity contribution in [1.82, 2.24) is 5.32 Å². The summed E-state index contributed by atoms with van der Waals surface area (Å²) in [5.74, 6) is 1.02. The molecule has 0 spiro atoms. The molecule has 4 nitrogen and oxygen atoms in total. The smallest absolute Gasteiger partial charge is 0.327 e. The predicted octanol–water partition coefficient (Wildman–Crippen LogP) is 5.09. The third kappa shape index (κ3) is 9.73. The summed E-state index contributed by atoms with van der Waals surface area (Å²) in [6, 6.07) is -0.823. The van der Waals surface area contributed by atoms with Gasteiger partial charge in [0.2, 0.25) is 5.91 Å². The second-order valence-corrected chi connectivity index (χ2v) is 13.0. The number of hydrogen-bond donors (Lipinski definition) is 2. The molecule has 1 amide bonds. The van der Waals surface area contributed by atoms with Crippen LogP contribution in [0, 0.1) is 5.92 Å². The van der Waals surface area contributed by atoms with Crippen LogP contribution < -0.4 is 5.32 Å². The molecule has 0 radical (unpaired) electrons. The minimum atomic E-state index is -0.958. The first-order chi connectivity index (χ1) is 11.7. The van der Waals surface area contributed by atoms with E-state index in [9.17, 15) is 14.7 Å². The van der Waals surface area contributed by atoms with Crippen molar-refractivity contribution in [1.29, 1.82) is 0 Å². The minimum Gasteiger partial charge on any atom is -0.480 e. The van der Waals surface area contributed by atoms with E-state index in [1.165, 1.54) is 25.7 Å². The molecular weight excluding hydrogens is 394 g/mol. The van der Waals surface area contributed by atoms with Crippen LogP contribution in [-0.4, -0.2) is 44.5 Å². The molecule has 1 heterocycles. The molecule has 0 bridgehead atoms. The van der Waals surface area contributed by atoms with E-state index in [0.29, 0.717) is 11.0 Å². The third-order valence-corrected chi connectivity index (χ3v) is 10.1. The summed E-state index contributed by atoms with van der Waals surface area (Å²) in [5.41, 5.74) is 0. The van der Waals surface area contributed by atoms with E-state index in [1.54, 1.807) is 43.2 Å². The first kappa shape index (κ1) is 23.4. The molecule has 2 atom stereocenters. The lowest BCUT2D eigenvalue weighted by atomic mass is 10.0. The maximum Gasteiger partial charge on any atom is 0.327 e. The van der Waals surface area contributed by atoms with Gasteiger partial charge in [-0.2, -0.15) is 0 Å². The summed E-state index contributed by atoms with van der Waals surface area (Å²) >= 11 is 0. The molecule has 1 aliphatic rings. The van der Waals surface area contributed by atoms with Crippen molar-refractivity contribution in [2.24, 2.45) is 5.92 Å². The van der Waals surface area contributed by atoms with Gasteiger partial charge in [-0.05, 0) is 32.6 Å². The lowest BCUT2D eigenvalue weighted by molar-refractivity contribution is -0.141. The summed E-state index contributed by atoms with van der Waals surface area (Å²) in [7, 11) is 6.65. The zero-order valence-corrected chi connectivity index (χ0v) is 18.8. The fourth-order valence-corrected chi connectivity index (χ4v) is 7.88. The highest BCUT2D eigenvalue weighted by molar-refractivity contribution is 8.77. The highest BCUT2D eigenvalue weighted by Gasteiger charge is 2.33. The summed E-state index contributed by atoms with van der Waals surface area (Å²) in [5, 5.41) is 12.6. The molecule has 1 saturated heterocycles. The van der Waals surface area contributed by atoms with Crippen LogP contribution in [0.2, 0.25) is 0 Å². The molecule has 0 aliphatic carbocycles. The molecule has 0 aromatic carbocycles. The van der Waals surface area contributed by atoms with Gasteiger partial charge in [0.15, 0.2) is 0 Å². The van der Waals surface area contributed by atoms with E-state index in [2.05, 4.69) is 19.2 Å². The van der Waals surface area contributed by atoms with Crippen molar-refractivity contribution >= 4 is 55.1 Å². The summed E-state index contributed by atoms with van der Waals surface area (Å²) in [6.07, 6.45) is 6.06. The van der Waals surface area contributed by atoms with Crippen molar-refractivity contribution in [3.05, 3.63) is 0 Å². The Morgan fingerprint density at radius 1 is 1.32 bits per heavy atom. The SMILES string of the molecule is CC(C)CCCCC1CCSSC(C)(C)C(=O)NC(C(=O)O)CSS1. The van der Waals surface area contributed by atoms with Gasteiger partial charge in [-0.15, -0.1) is 0 Å². The number of carboxylic acids is 1. The second-order valence-electron chi connectivity index (χ2n) is 7.25. The van der Waals surface area contributed by atoms with Crippen LogP contribution in [-0.2, 0) is 9.59 Å². The van der Waals surface area contributed by atoms with Gasteiger partial charge in [-0.1, -0.05) is 76.3 Å². The van der Waals surface area contributed by atoms with Gasteiger partial charge >= 0.3 is 5.97 Å². The van der Waals surface area contributed by atoms with E-state index < -0.39 is 16.8 Å². The number of rotatable bonds is 6. The minimum absolute atomic E-state index is 0.200. The van der Waals surface area contributed by atoms with E-state index >= 15 is 0 Å². The fourth-order valence-electron chi connectivity index (χ4n) is 2.28. The Morgan fingerprint density at radius 2 is 2.04 bits per heavy atom. The zero-order chi connectivity index (χ0) is 18.9. The molecule has 0 aromatic rings. The van der Waals surface area contributed by atoms with E-state index in [1.807, 2.05) is 13.8 Å². The standard InChI is InChI=1S/C17H31NO3S4/c1-12(2)7-5-6-8-13-9-10-22-25-17(3,4)16(21)18-14(15(19)20)11-23-24-13/h12-14H,5-11H2,1-4H3,(H,18,21)(H,19,20). The molecule has 1 fully saturated rings. The zero-order valence-electron chi connectivity index (χ0n) is 15.6.